The van der Waals surface area contributed by atoms with Crippen LogP contribution >= 0.6 is 11.6 Å². The molecule has 0 aliphatic rings. The molecule has 2 rings (SSSR count). The van der Waals surface area contributed by atoms with Gasteiger partial charge in [0.25, 0.3) is 11.5 Å². The first-order valence-corrected chi connectivity index (χ1v) is 7.51. The van der Waals surface area contributed by atoms with Crippen molar-refractivity contribution in [3.8, 4) is 5.88 Å². The maximum atomic E-state index is 12.1. The van der Waals surface area contributed by atoms with Crippen LogP contribution < -0.4 is 16.7 Å². The van der Waals surface area contributed by atoms with E-state index in [1.165, 1.54) is 19.1 Å². The van der Waals surface area contributed by atoms with Crippen LogP contribution in [0.3, 0.4) is 0 Å². The lowest BCUT2D eigenvalue weighted by atomic mass is 10.2. The van der Waals surface area contributed by atoms with Gasteiger partial charge < -0.3 is 5.11 Å². The van der Waals surface area contributed by atoms with Gasteiger partial charge in [0.1, 0.15) is 5.56 Å². The summed E-state index contributed by atoms with van der Waals surface area (Å²) >= 11 is 5.92. The first kappa shape index (κ1) is 18.2. The van der Waals surface area contributed by atoms with E-state index in [0.717, 1.165) is 4.57 Å². The number of allylic oxidation sites excluding steroid dienone is 1. The quantitative estimate of drug-likeness (QED) is 0.421. The van der Waals surface area contributed by atoms with E-state index < -0.39 is 23.0 Å². The fraction of sp³-hybridized carbons (Fsp3) is 0.125. The molecule has 0 atom stereocenters. The Hall–Kier alpha value is -3.13. The Kier molecular flexibility index (Phi) is 5.56. The Morgan fingerprint density at radius 1 is 1.44 bits per heavy atom. The average molecular weight is 363 g/mol. The molecule has 0 aliphatic heterocycles. The minimum absolute atomic E-state index is 0.00624. The Morgan fingerprint density at radius 2 is 2.12 bits per heavy atom. The first-order chi connectivity index (χ1) is 11.9. The minimum Gasteiger partial charge on any atom is -0.494 e. The number of hydrazone groups is 1. The SMILES string of the molecule is C=CCn1c(O)c(C(C)=NNC(=O)c2ccccc2Cl)c(=O)[nH]c1=O. The summed E-state index contributed by atoms with van der Waals surface area (Å²) in [4.78, 5) is 37.8. The number of benzene rings is 1. The zero-order valence-corrected chi connectivity index (χ0v) is 14.0. The lowest BCUT2D eigenvalue weighted by Crippen LogP contribution is -2.34. The van der Waals surface area contributed by atoms with Gasteiger partial charge in [-0.15, -0.1) is 6.58 Å². The highest BCUT2D eigenvalue weighted by Gasteiger charge is 2.17. The van der Waals surface area contributed by atoms with Crippen molar-refractivity contribution in [2.24, 2.45) is 5.10 Å². The van der Waals surface area contributed by atoms with Crippen molar-refractivity contribution in [2.75, 3.05) is 0 Å². The second kappa shape index (κ2) is 7.63. The Bertz CT molecular complexity index is 975. The van der Waals surface area contributed by atoms with E-state index in [0.29, 0.717) is 0 Å². The molecular weight excluding hydrogens is 348 g/mol. The van der Waals surface area contributed by atoms with Crippen molar-refractivity contribution >= 4 is 23.2 Å². The summed E-state index contributed by atoms with van der Waals surface area (Å²) in [5.41, 5.74) is 0.630. The van der Waals surface area contributed by atoms with Crippen LogP contribution in [0.1, 0.15) is 22.8 Å². The third kappa shape index (κ3) is 3.86. The standard InChI is InChI=1S/C16H15ClN4O4/c1-3-8-21-15(24)12(14(23)18-16(21)25)9(2)19-20-13(22)10-6-4-5-7-11(10)17/h3-7,24H,1,8H2,2H3,(H,20,22)(H,18,23,25). The number of aromatic amines is 1. The summed E-state index contributed by atoms with van der Waals surface area (Å²) in [6, 6.07) is 6.37. The molecule has 1 amide bonds. The molecule has 0 bridgehead atoms. The van der Waals surface area contributed by atoms with Crippen molar-refractivity contribution in [1.29, 1.82) is 0 Å². The van der Waals surface area contributed by atoms with Crippen molar-refractivity contribution in [2.45, 2.75) is 13.5 Å². The average Bonchev–Trinajstić information content (AvgIpc) is 2.56. The van der Waals surface area contributed by atoms with Crippen LogP contribution in [0, 0.1) is 0 Å². The Morgan fingerprint density at radius 3 is 2.76 bits per heavy atom. The number of aromatic nitrogens is 2. The number of aromatic hydroxyl groups is 1. The normalized spacial score (nSPS) is 11.2. The Labute approximate surface area is 147 Å². The zero-order chi connectivity index (χ0) is 18.6. The van der Waals surface area contributed by atoms with Crippen LogP contribution in [-0.4, -0.2) is 26.3 Å². The Balaban J connectivity index is 2.37. The number of hydrogen-bond acceptors (Lipinski definition) is 5. The number of carbonyl (C=O) groups is 1. The fourth-order valence-corrected chi connectivity index (χ4v) is 2.30. The van der Waals surface area contributed by atoms with Crippen molar-refractivity contribution < 1.29 is 9.90 Å². The molecule has 8 nitrogen and oxygen atoms in total. The monoisotopic (exact) mass is 362 g/mol. The molecule has 1 aromatic heterocycles. The molecule has 25 heavy (non-hydrogen) atoms. The second-order valence-corrected chi connectivity index (χ2v) is 5.38. The molecular formula is C16H15ClN4O4. The van der Waals surface area contributed by atoms with Gasteiger partial charge in [0.15, 0.2) is 0 Å². The summed E-state index contributed by atoms with van der Waals surface area (Å²) in [7, 11) is 0. The van der Waals surface area contributed by atoms with Gasteiger partial charge in [-0.2, -0.15) is 5.10 Å². The van der Waals surface area contributed by atoms with Gasteiger partial charge >= 0.3 is 5.69 Å². The maximum absolute atomic E-state index is 12.1. The van der Waals surface area contributed by atoms with Gasteiger partial charge in [-0.1, -0.05) is 29.8 Å². The molecule has 0 saturated carbocycles. The van der Waals surface area contributed by atoms with Crippen molar-refractivity contribution in [3.63, 3.8) is 0 Å². The highest BCUT2D eigenvalue weighted by atomic mass is 35.5. The second-order valence-electron chi connectivity index (χ2n) is 4.98. The van der Waals surface area contributed by atoms with E-state index in [2.05, 4.69) is 22.1 Å². The van der Waals surface area contributed by atoms with E-state index in [1.807, 2.05) is 0 Å². The predicted molar refractivity (Wildman–Crippen MR) is 94.3 cm³/mol. The van der Waals surface area contributed by atoms with Crippen molar-refractivity contribution in [3.05, 3.63) is 73.9 Å². The van der Waals surface area contributed by atoms with Crippen LogP contribution in [0.25, 0.3) is 0 Å². The number of nitrogens with zero attached hydrogens (tertiary/aromatic N) is 2. The predicted octanol–water partition coefficient (Wildman–Crippen LogP) is 1.24. The van der Waals surface area contributed by atoms with Gasteiger partial charge in [0.2, 0.25) is 5.88 Å². The molecule has 0 unspecified atom stereocenters. The van der Waals surface area contributed by atoms with Crippen LogP contribution in [-0.2, 0) is 6.54 Å². The molecule has 0 radical (unpaired) electrons. The summed E-state index contributed by atoms with van der Waals surface area (Å²) in [6.45, 7) is 4.87. The lowest BCUT2D eigenvalue weighted by Gasteiger charge is -2.09. The largest absolute Gasteiger partial charge is 0.494 e. The number of amides is 1. The van der Waals surface area contributed by atoms with Crippen LogP contribution in [0.15, 0.2) is 51.6 Å². The number of carbonyl (C=O) groups excluding carboxylic acids is 1. The fourth-order valence-electron chi connectivity index (χ4n) is 2.08. The summed E-state index contributed by atoms with van der Waals surface area (Å²) in [6.07, 6.45) is 1.38. The highest BCUT2D eigenvalue weighted by Crippen LogP contribution is 2.15. The molecule has 0 saturated heterocycles. The van der Waals surface area contributed by atoms with Crippen molar-refractivity contribution in [1.82, 2.24) is 15.0 Å². The van der Waals surface area contributed by atoms with E-state index >= 15 is 0 Å². The maximum Gasteiger partial charge on any atom is 0.331 e. The number of nitrogens with one attached hydrogen (secondary N) is 2. The van der Waals surface area contributed by atoms with Crippen LogP contribution in [0.4, 0.5) is 0 Å². The molecule has 0 spiro atoms. The number of halogens is 1. The van der Waals surface area contributed by atoms with Gasteiger partial charge in [-0.25, -0.2) is 10.2 Å². The third-order valence-corrected chi connectivity index (χ3v) is 3.62. The van der Waals surface area contributed by atoms with Gasteiger partial charge in [0.05, 0.1) is 16.3 Å². The van der Waals surface area contributed by atoms with Gasteiger partial charge in [0, 0.05) is 6.54 Å². The molecule has 130 valence electrons. The number of H-pyrrole nitrogens is 1. The smallest absolute Gasteiger partial charge is 0.331 e. The van der Waals surface area contributed by atoms with Gasteiger partial charge in [-0.05, 0) is 19.1 Å². The molecule has 0 fully saturated rings. The van der Waals surface area contributed by atoms with Crippen LogP contribution in [0.5, 0.6) is 5.88 Å². The molecule has 9 heteroatoms. The van der Waals surface area contributed by atoms with Gasteiger partial charge in [-0.3, -0.25) is 19.1 Å². The van der Waals surface area contributed by atoms with Crippen LogP contribution in [0.2, 0.25) is 5.02 Å². The first-order valence-electron chi connectivity index (χ1n) is 7.13. The molecule has 3 N–H and O–H groups in total. The van der Waals surface area contributed by atoms with E-state index in [4.69, 9.17) is 11.6 Å². The zero-order valence-electron chi connectivity index (χ0n) is 13.2. The minimum atomic E-state index is -0.823. The molecule has 1 heterocycles. The summed E-state index contributed by atoms with van der Waals surface area (Å²) in [5.74, 6) is -1.15. The molecule has 1 aromatic carbocycles. The van der Waals surface area contributed by atoms with E-state index in [-0.39, 0.29) is 28.4 Å². The molecule has 0 aliphatic carbocycles. The van der Waals surface area contributed by atoms with E-state index in [1.54, 1.807) is 18.2 Å². The molecule has 2 aromatic rings. The summed E-state index contributed by atoms with van der Waals surface area (Å²) in [5, 5.41) is 14.2. The number of rotatable bonds is 5. The topological polar surface area (TPSA) is 117 Å². The summed E-state index contributed by atoms with van der Waals surface area (Å²) < 4.78 is 0.915. The number of hydrogen-bond donors (Lipinski definition) is 3. The lowest BCUT2D eigenvalue weighted by molar-refractivity contribution is 0.0955. The van der Waals surface area contributed by atoms with E-state index in [9.17, 15) is 19.5 Å². The highest BCUT2D eigenvalue weighted by molar-refractivity contribution is 6.33. The third-order valence-electron chi connectivity index (χ3n) is 3.29.